The van der Waals surface area contributed by atoms with Crippen molar-refractivity contribution < 1.29 is 26.6 Å². The van der Waals surface area contributed by atoms with Crippen molar-refractivity contribution in [1.82, 2.24) is 5.32 Å². The van der Waals surface area contributed by atoms with Crippen LogP contribution in [0.5, 0.6) is 17.2 Å². The summed E-state index contributed by atoms with van der Waals surface area (Å²) >= 11 is 1.77. The molecule has 0 bridgehead atoms. The fourth-order valence-corrected chi connectivity index (χ4v) is 3.47. The zero-order valence-electron chi connectivity index (χ0n) is 14.8. The van der Waals surface area contributed by atoms with Gasteiger partial charge in [-0.2, -0.15) is 0 Å². The average Bonchev–Trinajstić information content (AvgIpc) is 3.21. The Morgan fingerprint density at radius 2 is 1.67 bits per heavy atom. The summed E-state index contributed by atoms with van der Waals surface area (Å²) in [5, 5.41) is 5.56. The molecule has 0 fully saturated rings. The lowest BCUT2D eigenvalue weighted by atomic mass is 10.2. The third-order valence-electron chi connectivity index (χ3n) is 4.14. The van der Waals surface area contributed by atoms with Gasteiger partial charge in [0.1, 0.15) is 25.6 Å². The predicted molar refractivity (Wildman–Crippen MR) is 103 cm³/mol. The average molecular weight is 403 g/mol. The van der Waals surface area contributed by atoms with Gasteiger partial charge in [0.25, 0.3) is 0 Å². The van der Waals surface area contributed by atoms with Gasteiger partial charge in [-0.25, -0.2) is 0 Å². The molecule has 27 heavy (non-hydrogen) atoms. The first-order valence-corrected chi connectivity index (χ1v) is 9.58. The summed E-state index contributed by atoms with van der Waals surface area (Å²) in [5.74, 6) is 2.46. The van der Waals surface area contributed by atoms with E-state index in [9.17, 15) is 0 Å². The highest BCUT2D eigenvalue weighted by Crippen LogP contribution is 2.31. The van der Waals surface area contributed by atoms with Crippen molar-refractivity contribution in [2.45, 2.75) is 19.7 Å². The highest BCUT2D eigenvalue weighted by molar-refractivity contribution is 7.09. The molecule has 0 unspecified atom stereocenters. The van der Waals surface area contributed by atoms with Crippen LogP contribution < -0.4 is 31.9 Å². The Morgan fingerprint density at radius 1 is 0.889 bits per heavy atom. The Balaban J connectivity index is 0.00000210. The Labute approximate surface area is 169 Å². The molecule has 0 saturated carbocycles. The number of hydrogen-bond donors (Lipinski definition) is 1. The van der Waals surface area contributed by atoms with E-state index in [4.69, 9.17) is 14.2 Å². The molecule has 0 saturated heterocycles. The minimum Gasteiger partial charge on any atom is -1.00 e. The van der Waals surface area contributed by atoms with Crippen molar-refractivity contribution in [2.24, 2.45) is 0 Å². The van der Waals surface area contributed by atoms with Gasteiger partial charge in [-0.15, -0.1) is 11.3 Å². The van der Waals surface area contributed by atoms with Crippen LogP contribution in [0.4, 0.5) is 0 Å². The molecule has 3 aromatic rings. The van der Waals surface area contributed by atoms with Gasteiger partial charge in [0.2, 0.25) is 0 Å². The largest absolute Gasteiger partial charge is 1.00 e. The summed E-state index contributed by atoms with van der Waals surface area (Å²) < 4.78 is 17.0. The molecule has 1 aromatic heterocycles. The molecule has 1 aliphatic rings. The van der Waals surface area contributed by atoms with Gasteiger partial charge < -0.3 is 31.9 Å². The van der Waals surface area contributed by atoms with Crippen LogP contribution in [0.25, 0.3) is 0 Å². The van der Waals surface area contributed by atoms with E-state index in [1.807, 2.05) is 30.3 Å². The molecule has 0 amide bonds. The smallest absolute Gasteiger partial charge is 0.161 e. The lowest BCUT2D eigenvalue weighted by molar-refractivity contribution is -0.00000609. The van der Waals surface area contributed by atoms with Gasteiger partial charge in [-0.05, 0) is 46.8 Å². The normalized spacial score (nSPS) is 12.3. The van der Waals surface area contributed by atoms with E-state index in [2.05, 4.69) is 35.0 Å². The molecule has 4 nitrogen and oxygen atoms in total. The Bertz CT molecular complexity index is 837. The number of hydrogen-bond acceptors (Lipinski definition) is 5. The summed E-state index contributed by atoms with van der Waals surface area (Å²) in [5.41, 5.74) is 2.31. The van der Waals surface area contributed by atoms with E-state index < -0.39 is 0 Å². The molecule has 1 N–H and O–H groups in total. The maximum atomic E-state index is 5.89. The summed E-state index contributed by atoms with van der Waals surface area (Å²) in [6.45, 7) is 3.46. The van der Waals surface area contributed by atoms with Crippen LogP contribution >= 0.6 is 11.3 Å². The van der Waals surface area contributed by atoms with E-state index >= 15 is 0 Å². The number of ether oxygens (including phenoxy) is 3. The molecule has 2 aromatic carbocycles. The van der Waals surface area contributed by atoms with Crippen LogP contribution in [-0.4, -0.2) is 13.2 Å². The Kier molecular flexibility index (Phi) is 6.98. The van der Waals surface area contributed by atoms with Crippen LogP contribution in [-0.2, 0) is 19.7 Å². The highest BCUT2D eigenvalue weighted by Gasteiger charge is 2.11. The number of benzene rings is 2. The fraction of sp³-hybridized carbons (Fsp3) is 0.238. The van der Waals surface area contributed by atoms with Crippen molar-refractivity contribution >= 4 is 11.3 Å². The summed E-state index contributed by atoms with van der Waals surface area (Å²) in [7, 11) is 0. The van der Waals surface area contributed by atoms with Crippen molar-refractivity contribution in [3.63, 3.8) is 0 Å². The monoisotopic (exact) mass is 402 g/mol. The lowest BCUT2D eigenvalue weighted by Gasteiger charge is -2.19. The van der Waals surface area contributed by atoms with E-state index in [1.54, 1.807) is 11.3 Å². The summed E-state index contributed by atoms with van der Waals surface area (Å²) in [4.78, 5) is 1.35. The molecule has 2 heterocycles. The molecule has 142 valence electrons. The van der Waals surface area contributed by atoms with Crippen LogP contribution in [0.3, 0.4) is 0 Å². The van der Waals surface area contributed by atoms with Crippen LogP contribution in [0.2, 0.25) is 0 Å². The van der Waals surface area contributed by atoms with E-state index in [0.29, 0.717) is 19.8 Å². The minimum absolute atomic E-state index is 0. The van der Waals surface area contributed by atoms with Crippen LogP contribution in [0.1, 0.15) is 16.0 Å². The second-order valence-electron chi connectivity index (χ2n) is 6.09. The van der Waals surface area contributed by atoms with E-state index in [0.717, 1.165) is 35.9 Å². The molecule has 6 heteroatoms. The molecule has 0 spiro atoms. The summed E-state index contributed by atoms with van der Waals surface area (Å²) in [6, 6.07) is 18.4. The number of halogens is 1. The van der Waals surface area contributed by atoms with Gasteiger partial charge >= 0.3 is 0 Å². The van der Waals surface area contributed by atoms with Crippen molar-refractivity contribution in [2.75, 3.05) is 13.2 Å². The SMILES string of the molecule is [Cl-].c1csc(CNCc2ccc(OCc3ccc4c(c3)OCCO4)cc2)c1. The maximum Gasteiger partial charge on any atom is 0.161 e. The zero-order chi connectivity index (χ0) is 17.6. The van der Waals surface area contributed by atoms with Gasteiger partial charge in [0.15, 0.2) is 11.5 Å². The van der Waals surface area contributed by atoms with Crippen molar-refractivity contribution in [1.29, 1.82) is 0 Å². The van der Waals surface area contributed by atoms with Crippen LogP contribution in [0, 0.1) is 0 Å². The molecule has 4 rings (SSSR count). The highest BCUT2D eigenvalue weighted by atomic mass is 35.5. The van der Waals surface area contributed by atoms with Gasteiger partial charge in [0, 0.05) is 18.0 Å². The topological polar surface area (TPSA) is 39.7 Å². The molecule has 0 aliphatic carbocycles. The van der Waals surface area contributed by atoms with Crippen LogP contribution in [0.15, 0.2) is 60.0 Å². The number of thiophene rings is 1. The second kappa shape index (κ2) is 9.65. The number of rotatable bonds is 7. The first kappa shape index (κ1) is 19.5. The van der Waals surface area contributed by atoms with Crippen molar-refractivity contribution in [3.8, 4) is 17.2 Å². The fourth-order valence-electron chi connectivity index (χ4n) is 2.79. The number of nitrogens with one attached hydrogen (secondary N) is 1. The molecule has 1 aliphatic heterocycles. The molecule has 0 atom stereocenters. The first-order valence-electron chi connectivity index (χ1n) is 8.70. The Hall–Kier alpha value is -2.21. The third-order valence-corrected chi connectivity index (χ3v) is 5.02. The molecular weight excluding hydrogens is 382 g/mol. The zero-order valence-corrected chi connectivity index (χ0v) is 16.4. The van der Waals surface area contributed by atoms with Gasteiger partial charge in [0.05, 0.1) is 0 Å². The minimum atomic E-state index is 0. The first-order chi connectivity index (χ1) is 12.9. The molecular formula is C21H21ClNO3S-. The predicted octanol–water partition coefficient (Wildman–Crippen LogP) is 1.39. The van der Waals surface area contributed by atoms with Crippen molar-refractivity contribution in [3.05, 3.63) is 76.0 Å². The second-order valence-corrected chi connectivity index (χ2v) is 7.13. The Morgan fingerprint density at radius 3 is 2.44 bits per heavy atom. The van der Waals surface area contributed by atoms with E-state index in [-0.39, 0.29) is 12.4 Å². The quantitative estimate of drug-likeness (QED) is 0.648. The summed E-state index contributed by atoms with van der Waals surface area (Å²) in [6.07, 6.45) is 0. The number of fused-ring (bicyclic) bond motifs is 1. The lowest BCUT2D eigenvalue weighted by Crippen LogP contribution is -3.00. The standard InChI is InChI=1S/C21H21NO3S.ClH/c1-2-19(26-11-1)14-22-13-16-3-6-18(7-4-16)25-15-17-5-8-20-21(12-17)24-10-9-23-20;/h1-8,11-12,22H,9-10,13-15H2;1H/p-1. The van der Waals surface area contributed by atoms with Gasteiger partial charge in [-0.1, -0.05) is 24.3 Å². The third kappa shape index (κ3) is 5.39. The van der Waals surface area contributed by atoms with E-state index in [1.165, 1.54) is 10.4 Å². The maximum absolute atomic E-state index is 5.89. The molecule has 0 radical (unpaired) electrons. The van der Waals surface area contributed by atoms with Gasteiger partial charge in [-0.3, -0.25) is 0 Å².